The van der Waals surface area contributed by atoms with Crippen LogP contribution in [0, 0.1) is 0 Å². The van der Waals surface area contributed by atoms with Crippen molar-refractivity contribution in [2.24, 2.45) is 0 Å². The molecule has 1 aromatic rings. The summed E-state index contributed by atoms with van der Waals surface area (Å²) in [4.78, 5) is 10.2. The van der Waals surface area contributed by atoms with Crippen molar-refractivity contribution < 1.29 is 10.2 Å². The van der Waals surface area contributed by atoms with Crippen LogP contribution in [-0.2, 0) is 6.61 Å². The average molecular weight is 225 g/mol. The average Bonchev–Trinajstić information content (AvgIpc) is 2.25. The summed E-state index contributed by atoms with van der Waals surface area (Å²) in [6.07, 6.45) is 3.16. The number of aromatic nitrogens is 2. The molecule has 0 saturated carbocycles. The quantitative estimate of drug-likeness (QED) is 0.766. The van der Waals surface area contributed by atoms with Gasteiger partial charge >= 0.3 is 0 Å². The lowest BCUT2D eigenvalue weighted by Gasteiger charge is -2.28. The van der Waals surface area contributed by atoms with Crippen LogP contribution in [0.5, 0.6) is 0 Å². The fourth-order valence-corrected chi connectivity index (χ4v) is 1.41. The third-order valence-corrected chi connectivity index (χ3v) is 2.14. The van der Waals surface area contributed by atoms with Gasteiger partial charge in [0.05, 0.1) is 30.3 Å². The van der Waals surface area contributed by atoms with Gasteiger partial charge in [-0.15, -0.1) is 0 Å². The van der Waals surface area contributed by atoms with Crippen molar-refractivity contribution in [2.75, 3.05) is 18.0 Å². The number of hydrogen-bond acceptors (Lipinski definition) is 5. The van der Waals surface area contributed by atoms with Crippen LogP contribution in [0.3, 0.4) is 0 Å². The second-order valence-corrected chi connectivity index (χ2v) is 4.35. The van der Waals surface area contributed by atoms with Gasteiger partial charge in [-0.2, -0.15) is 0 Å². The van der Waals surface area contributed by atoms with Gasteiger partial charge in [0.2, 0.25) is 0 Å². The summed E-state index contributed by atoms with van der Waals surface area (Å²) in [6, 6.07) is 0. The molecule has 0 saturated heterocycles. The normalized spacial score (nSPS) is 11.6. The minimum atomic E-state index is -0.770. The van der Waals surface area contributed by atoms with E-state index in [1.165, 1.54) is 0 Å². The van der Waals surface area contributed by atoms with Crippen LogP contribution in [0.1, 0.15) is 26.5 Å². The lowest BCUT2D eigenvalue weighted by atomic mass is 10.1. The van der Waals surface area contributed by atoms with E-state index in [0.29, 0.717) is 18.1 Å². The number of likely N-dealkylation sites (N-methyl/N-ethyl adjacent to an activating group) is 1. The van der Waals surface area contributed by atoms with Crippen molar-refractivity contribution in [1.29, 1.82) is 0 Å². The van der Waals surface area contributed by atoms with Gasteiger partial charge in [0.15, 0.2) is 0 Å². The highest BCUT2D eigenvalue weighted by molar-refractivity contribution is 5.36. The van der Waals surface area contributed by atoms with E-state index in [1.807, 2.05) is 11.8 Å². The highest BCUT2D eigenvalue weighted by atomic mass is 16.3. The molecule has 0 spiro atoms. The van der Waals surface area contributed by atoms with Crippen molar-refractivity contribution in [1.82, 2.24) is 9.97 Å². The fourth-order valence-electron chi connectivity index (χ4n) is 1.41. The predicted octanol–water partition coefficient (Wildman–Crippen LogP) is 0.566. The molecule has 0 aliphatic heterocycles. The summed E-state index contributed by atoms with van der Waals surface area (Å²) in [7, 11) is 0. The summed E-state index contributed by atoms with van der Waals surface area (Å²) < 4.78 is 0. The highest BCUT2D eigenvalue weighted by Gasteiger charge is 2.18. The van der Waals surface area contributed by atoms with Crippen molar-refractivity contribution in [3.63, 3.8) is 0 Å². The van der Waals surface area contributed by atoms with Gasteiger partial charge < -0.3 is 15.1 Å². The smallest absolute Gasteiger partial charge is 0.147 e. The zero-order valence-corrected chi connectivity index (χ0v) is 10.0. The van der Waals surface area contributed by atoms with Crippen molar-refractivity contribution in [3.05, 3.63) is 18.1 Å². The van der Waals surface area contributed by atoms with Gasteiger partial charge in [-0.05, 0) is 20.8 Å². The topological polar surface area (TPSA) is 69.5 Å². The molecule has 0 aliphatic carbocycles. The Labute approximate surface area is 95.8 Å². The molecule has 90 valence electrons. The second-order valence-electron chi connectivity index (χ2n) is 4.35. The fraction of sp³-hybridized carbons (Fsp3) is 0.636. The van der Waals surface area contributed by atoms with E-state index in [-0.39, 0.29) is 6.61 Å². The summed E-state index contributed by atoms with van der Waals surface area (Å²) >= 11 is 0. The lowest BCUT2D eigenvalue weighted by molar-refractivity contribution is 0.0874. The molecule has 1 aromatic heterocycles. The first-order valence-electron chi connectivity index (χ1n) is 5.35. The van der Waals surface area contributed by atoms with Crippen LogP contribution in [0.4, 0.5) is 5.82 Å². The molecule has 0 unspecified atom stereocenters. The Morgan fingerprint density at radius 2 is 2.00 bits per heavy atom. The number of aliphatic hydroxyl groups excluding tert-OH is 1. The molecule has 5 nitrogen and oxygen atoms in total. The Hall–Kier alpha value is -1.20. The minimum Gasteiger partial charge on any atom is -0.390 e. The zero-order valence-electron chi connectivity index (χ0n) is 10.0. The molecule has 0 bridgehead atoms. The molecular formula is C11H19N3O2. The number of hydrogen-bond donors (Lipinski definition) is 2. The Kier molecular flexibility index (Phi) is 4.20. The standard InChI is InChI=1S/C11H19N3O2/c1-4-14(8-11(2,3)16)10-6-12-9(7-15)5-13-10/h5-6,15-16H,4,7-8H2,1-3H3. The van der Waals surface area contributed by atoms with E-state index in [4.69, 9.17) is 5.11 Å². The molecule has 5 heteroatoms. The number of nitrogens with zero attached hydrogens (tertiary/aromatic N) is 3. The van der Waals surface area contributed by atoms with Crippen LogP contribution in [-0.4, -0.2) is 38.9 Å². The maximum atomic E-state index is 9.75. The molecule has 0 radical (unpaired) electrons. The lowest BCUT2D eigenvalue weighted by Crippen LogP contribution is -2.39. The summed E-state index contributed by atoms with van der Waals surface area (Å²) in [5.41, 5.74) is -0.226. The summed E-state index contributed by atoms with van der Waals surface area (Å²) in [5.74, 6) is 0.710. The molecule has 0 amide bonds. The van der Waals surface area contributed by atoms with E-state index >= 15 is 0 Å². The predicted molar refractivity (Wildman–Crippen MR) is 62.1 cm³/mol. The third kappa shape index (κ3) is 3.75. The van der Waals surface area contributed by atoms with E-state index in [9.17, 15) is 5.11 Å². The Bertz CT molecular complexity index is 319. The van der Waals surface area contributed by atoms with E-state index in [2.05, 4.69) is 9.97 Å². The zero-order chi connectivity index (χ0) is 12.2. The Morgan fingerprint density at radius 1 is 1.31 bits per heavy atom. The van der Waals surface area contributed by atoms with Crippen molar-refractivity contribution in [3.8, 4) is 0 Å². The maximum absolute atomic E-state index is 9.75. The van der Waals surface area contributed by atoms with Gasteiger partial charge in [0.1, 0.15) is 5.82 Å². The van der Waals surface area contributed by atoms with Gasteiger partial charge in [-0.3, -0.25) is 4.98 Å². The Balaban J connectivity index is 2.79. The SMILES string of the molecule is CCN(CC(C)(C)O)c1cnc(CO)cn1. The Morgan fingerprint density at radius 3 is 2.38 bits per heavy atom. The molecular weight excluding hydrogens is 206 g/mol. The first-order valence-corrected chi connectivity index (χ1v) is 5.35. The van der Waals surface area contributed by atoms with Crippen molar-refractivity contribution in [2.45, 2.75) is 33.0 Å². The van der Waals surface area contributed by atoms with Gasteiger partial charge in [0.25, 0.3) is 0 Å². The van der Waals surface area contributed by atoms with Crippen LogP contribution >= 0.6 is 0 Å². The third-order valence-electron chi connectivity index (χ3n) is 2.14. The molecule has 1 heterocycles. The van der Waals surface area contributed by atoms with E-state index in [1.54, 1.807) is 26.2 Å². The van der Waals surface area contributed by atoms with E-state index < -0.39 is 5.60 Å². The van der Waals surface area contributed by atoms with Crippen LogP contribution in [0.2, 0.25) is 0 Å². The molecule has 2 N–H and O–H groups in total. The van der Waals surface area contributed by atoms with Crippen LogP contribution in [0.25, 0.3) is 0 Å². The monoisotopic (exact) mass is 225 g/mol. The maximum Gasteiger partial charge on any atom is 0.147 e. The molecule has 1 rings (SSSR count). The molecule has 0 aromatic carbocycles. The number of rotatable bonds is 5. The molecule has 0 aliphatic rings. The van der Waals surface area contributed by atoms with Gasteiger partial charge in [0, 0.05) is 13.1 Å². The molecule has 0 fully saturated rings. The highest BCUT2D eigenvalue weighted by Crippen LogP contribution is 2.13. The van der Waals surface area contributed by atoms with Gasteiger partial charge in [-0.1, -0.05) is 0 Å². The first kappa shape index (κ1) is 12.9. The summed E-state index contributed by atoms with van der Waals surface area (Å²) in [6.45, 7) is 6.64. The number of anilines is 1. The summed E-state index contributed by atoms with van der Waals surface area (Å²) in [5, 5.41) is 18.6. The molecule has 0 atom stereocenters. The van der Waals surface area contributed by atoms with Crippen molar-refractivity contribution >= 4 is 5.82 Å². The number of aliphatic hydroxyl groups is 2. The van der Waals surface area contributed by atoms with E-state index in [0.717, 1.165) is 6.54 Å². The second kappa shape index (κ2) is 5.23. The molecule has 16 heavy (non-hydrogen) atoms. The largest absolute Gasteiger partial charge is 0.390 e. The van der Waals surface area contributed by atoms with Crippen LogP contribution in [0.15, 0.2) is 12.4 Å². The first-order chi connectivity index (χ1) is 7.46. The minimum absolute atomic E-state index is 0.106. The van der Waals surface area contributed by atoms with Gasteiger partial charge in [-0.25, -0.2) is 4.98 Å². The van der Waals surface area contributed by atoms with Crippen LogP contribution < -0.4 is 4.90 Å².